The molecule has 0 saturated carbocycles. The summed E-state index contributed by atoms with van der Waals surface area (Å²) in [5.74, 6) is -1.78. The Bertz CT molecular complexity index is 241. The molecule has 1 aliphatic rings. The van der Waals surface area contributed by atoms with Crippen molar-refractivity contribution in [1.29, 1.82) is 0 Å². The summed E-state index contributed by atoms with van der Waals surface area (Å²) < 4.78 is 0. The predicted molar refractivity (Wildman–Crippen MR) is 35.0 cm³/mol. The van der Waals surface area contributed by atoms with Gasteiger partial charge in [-0.1, -0.05) is 0 Å². The summed E-state index contributed by atoms with van der Waals surface area (Å²) in [7, 11) is 0. The maximum Gasteiger partial charge on any atom is 0.328 e. The van der Waals surface area contributed by atoms with Crippen LogP contribution in [0.3, 0.4) is 0 Å². The minimum Gasteiger partial charge on any atom is -0.315 e. The zero-order valence-corrected chi connectivity index (χ0v) is 6.17. The maximum atomic E-state index is 11.0. The number of barbiturate groups is 1. The van der Waals surface area contributed by atoms with Crippen molar-refractivity contribution in [1.82, 2.24) is 16.1 Å². The van der Waals surface area contributed by atoms with E-state index in [2.05, 4.69) is 0 Å². The van der Waals surface area contributed by atoms with E-state index < -0.39 is 23.4 Å². The second kappa shape index (κ2) is 2.54. The SMILES string of the molecule is CC1(NO)C(=O)NC(=O)NC1=O. The summed E-state index contributed by atoms with van der Waals surface area (Å²) in [6.45, 7) is 1.14. The molecule has 1 aliphatic heterocycles. The van der Waals surface area contributed by atoms with Crippen molar-refractivity contribution < 1.29 is 19.6 Å². The second-order valence-electron chi connectivity index (χ2n) is 2.47. The third-order valence-electron chi connectivity index (χ3n) is 1.59. The van der Waals surface area contributed by atoms with E-state index in [-0.39, 0.29) is 0 Å². The molecule has 0 radical (unpaired) electrons. The van der Waals surface area contributed by atoms with E-state index in [4.69, 9.17) is 5.21 Å². The smallest absolute Gasteiger partial charge is 0.315 e. The van der Waals surface area contributed by atoms with Crippen LogP contribution in [0.5, 0.6) is 0 Å². The van der Waals surface area contributed by atoms with Gasteiger partial charge in [0.05, 0.1) is 0 Å². The number of carbonyl (C=O) groups is 3. The number of hydrogen-bond donors (Lipinski definition) is 4. The van der Waals surface area contributed by atoms with Crippen LogP contribution in [0.2, 0.25) is 0 Å². The lowest BCUT2D eigenvalue weighted by atomic mass is 10.00. The van der Waals surface area contributed by atoms with Gasteiger partial charge in [-0.05, 0) is 6.92 Å². The fraction of sp³-hybridized carbons (Fsp3) is 0.400. The fourth-order valence-electron chi connectivity index (χ4n) is 0.692. The second-order valence-corrected chi connectivity index (χ2v) is 2.47. The minimum atomic E-state index is -1.80. The first kappa shape index (κ1) is 8.62. The number of carbonyl (C=O) groups excluding carboxylic acids is 3. The average Bonchev–Trinajstić information content (AvgIpc) is 2.00. The summed E-state index contributed by atoms with van der Waals surface area (Å²) in [6, 6.07) is -0.891. The lowest BCUT2D eigenvalue weighted by molar-refractivity contribution is -0.144. The van der Waals surface area contributed by atoms with E-state index in [1.54, 1.807) is 0 Å². The van der Waals surface area contributed by atoms with Crippen LogP contribution in [0.25, 0.3) is 0 Å². The van der Waals surface area contributed by atoms with E-state index in [0.717, 1.165) is 6.92 Å². The maximum absolute atomic E-state index is 11.0. The van der Waals surface area contributed by atoms with Gasteiger partial charge in [-0.25, -0.2) is 4.79 Å². The molecule has 0 aromatic heterocycles. The van der Waals surface area contributed by atoms with Crippen molar-refractivity contribution >= 4 is 17.8 Å². The molecule has 7 nitrogen and oxygen atoms in total. The Morgan fingerprint density at radius 3 is 2.00 bits per heavy atom. The summed E-state index contributed by atoms with van der Waals surface area (Å²) >= 11 is 0. The fourth-order valence-corrected chi connectivity index (χ4v) is 0.692. The van der Waals surface area contributed by atoms with E-state index in [9.17, 15) is 14.4 Å². The molecule has 12 heavy (non-hydrogen) atoms. The number of rotatable bonds is 1. The highest BCUT2D eigenvalue weighted by Gasteiger charge is 2.46. The van der Waals surface area contributed by atoms with Crippen LogP contribution < -0.4 is 16.1 Å². The van der Waals surface area contributed by atoms with Crippen molar-refractivity contribution in [3.05, 3.63) is 0 Å². The molecule has 0 aromatic rings. The number of imide groups is 2. The zero-order chi connectivity index (χ0) is 9.35. The summed E-state index contributed by atoms with van der Waals surface area (Å²) in [6.07, 6.45) is 0. The molecule has 1 heterocycles. The van der Waals surface area contributed by atoms with E-state index in [1.165, 1.54) is 5.48 Å². The first-order valence-electron chi connectivity index (χ1n) is 3.09. The van der Waals surface area contributed by atoms with Crippen molar-refractivity contribution in [2.24, 2.45) is 0 Å². The number of nitrogens with one attached hydrogen (secondary N) is 3. The molecule has 0 unspecified atom stereocenters. The average molecular weight is 173 g/mol. The Hall–Kier alpha value is -1.47. The summed E-state index contributed by atoms with van der Waals surface area (Å²) in [5, 5.41) is 12.1. The topological polar surface area (TPSA) is 108 Å². The minimum absolute atomic E-state index is 0.890. The van der Waals surface area contributed by atoms with Crippen LogP contribution in [-0.4, -0.2) is 28.6 Å². The van der Waals surface area contributed by atoms with Gasteiger partial charge in [0.15, 0.2) is 5.54 Å². The van der Waals surface area contributed by atoms with Crippen molar-refractivity contribution in [3.63, 3.8) is 0 Å². The molecule has 0 spiro atoms. The van der Waals surface area contributed by atoms with E-state index in [1.807, 2.05) is 10.6 Å². The van der Waals surface area contributed by atoms with Gasteiger partial charge in [-0.15, -0.1) is 0 Å². The van der Waals surface area contributed by atoms with Gasteiger partial charge in [-0.3, -0.25) is 20.2 Å². The predicted octanol–water partition coefficient (Wildman–Crippen LogP) is -1.91. The molecule has 7 heteroatoms. The third kappa shape index (κ3) is 1.04. The summed E-state index contributed by atoms with van der Waals surface area (Å²) in [4.78, 5) is 32.4. The highest BCUT2D eigenvalue weighted by atomic mass is 16.5. The van der Waals surface area contributed by atoms with Gasteiger partial charge in [-0.2, -0.15) is 5.48 Å². The molecule has 0 atom stereocenters. The van der Waals surface area contributed by atoms with Crippen LogP contribution in [0.4, 0.5) is 4.79 Å². The molecule has 0 aromatic carbocycles. The monoisotopic (exact) mass is 173 g/mol. The van der Waals surface area contributed by atoms with Gasteiger partial charge in [0.25, 0.3) is 11.8 Å². The Kier molecular flexibility index (Phi) is 1.82. The van der Waals surface area contributed by atoms with Crippen LogP contribution in [-0.2, 0) is 9.59 Å². The van der Waals surface area contributed by atoms with Crippen LogP contribution >= 0.6 is 0 Å². The Morgan fingerprint density at radius 1 is 1.25 bits per heavy atom. The van der Waals surface area contributed by atoms with Gasteiger partial charge in [0.1, 0.15) is 0 Å². The first-order chi connectivity index (χ1) is 5.50. The Labute approximate surface area is 67.1 Å². The molecule has 66 valence electrons. The van der Waals surface area contributed by atoms with Crippen molar-refractivity contribution in [3.8, 4) is 0 Å². The van der Waals surface area contributed by atoms with E-state index >= 15 is 0 Å². The van der Waals surface area contributed by atoms with Crippen LogP contribution in [0.15, 0.2) is 0 Å². The highest BCUT2D eigenvalue weighted by molar-refractivity contribution is 6.21. The quantitative estimate of drug-likeness (QED) is 0.273. The van der Waals surface area contributed by atoms with Crippen molar-refractivity contribution in [2.45, 2.75) is 12.5 Å². The molecule has 4 N–H and O–H groups in total. The number of amides is 4. The molecule has 0 aliphatic carbocycles. The number of hydrogen-bond acceptors (Lipinski definition) is 5. The molecular weight excluding hydrogens is 166 g/mol. The summed E-state index contributed by atoms with van der Waals surface area (Å²) in [5.41, 5.74) is -0.274. The Balaban J connectivity index is 2.95. The van der Waals surface area contributed by atoms with Gasteiger partial charge >= 0.3 is 6.03 Å². The Morgan fingerprint density at radius 2 is 1.67 bits per heavy atom. The lowest BCUT2D eigenvalue weighted by Crippen LogP contribution is -2.70. The molecule has 0 bridgehead atoms. The first-order valence-corrected chi connectivity index (χ1v) is 3.09. The van der Waals surface area contributed by atoms with Gasteiger partial charge < -0.3 is 5.21 Å². The number of hydroxylamine groups is 1. The van der Waals surface area contributed by atoms with Crippen molar-refractivity contribution in [2.75, 3.05) is 0 Å². The molecule has 1 rings (SSSR count). The third-order valence-corrected chi connectivity index (χ3v) is 1.59. The van der Waals surface area contributed by atoms with Crippen LogP contribution in [0, 0.1) is 0 Å². The zero-order valence-electron chi connectivity index (χ0n) is 6.17. The van der Waals surface area contributed by atoms with Gasteiger partial charge in [0, 0.05) is 0 Å². The van der Waals surface area contributed by atoms with Gasteiger partial charge in [0.2, 0.25) is 0 Å². The molecular formula is C5H7N3O4. The molecule has 1 fully saturated rings. The molecule has 1 saturated heterocycles. The van der Waals surface area contributed by atoms with Crippen LogP contribution in [0.1, 0.15) is 6.92 Å². The molecule has 4 amide bonds. The number of urea groups is 1. The van der Waals surface area contributed by atoms with E-state index in [0.29, 0.717) is 0 Å². The lowest BCUT2D eigenvalue weighted by Gasteiger charge is -2.28. The normalized spacial score (nSPS) is 21.7. The highest BCUT2D eigenvalue weighted by Crippen LogP contribution is 2.06. The largest absolute Gasteiger partial charge is 0.328 e. The standard InChI is InChI=1S/C5H7N3O4/c1-5(8-12)2(9)6-4(11)7-3(5)10/h8,12H,1H3,(H2,6,7,9,10,11).